The summed E-state index contributed by atoms with van der Waals surface area (Å²) in [7, 11) is 0. The second kappa shape index (κ2) is 5.81. The van der Waals surface area contributed by atoms with E-state index in [-0.39, 0.29) is 5.91 Å². The SMILES string of the molecule is C/C(=N\NC(=O)c1cc(C)nc2ccccc12)c1ccco1. The molecule has 0 radical (unpaired) electrons. The number of nitrogens with zero attached hydrogens (tertiary/aromatic N) is 2. The Morgan fingerprint density at radius 3 is 2.82 bits per heavy atom. The highest BCUT2D eigenvalue weighted by Gasteiger charge is 2.11. The molecule has 110 valence electrons. The predicted octanol–water partition coefficient (Wildman–Crippen LogP) is 3.29. The van der Waals surface area contributed by atoms with Crippen LogP contribution < -0.4 is 5.43 Å². The average molecular weight is 293 g/mol. The van der Waals surface area contributed by atoms with E-state index in [1.54, 1.807) is 31.4 Å². The zero-order chi connectivity index (χ0) is 15.5. The molecule has 0 aliphatic rings. The number of para-hydroxylation sites is 1. The van der Waals surface area contributed by atoms with Crippen LogP contribution >= 0.6 is 0 Å². The van der Waals surface area contributed by atoms with E-state index >= 15 is 0 Å². The number of fused-ring (bicyclic) bond motifs is 1. The third-order valence-corrected chi connectivity index (χ3v) is 3.29. The Kier molecular flexibility index (Phi) is 3.70. The molecule has 0 fully saturated rings. The minimum atomic E-state index is -0.271. The number of carbonyl (C=O) groups excluding carboxylic acids is 1. The molecule has 2 aromatic heterocycles. The Labute approximate surface area is 127 Å². The summed E-state index contributed by atoms with van der Waals surface area (Å²) < 4.78 is 5.23. The molecule has 3 rings (SSSR count). The number of aromatic nitrogens is 1. The van der Waals surface area contributed by atoms with E-state index in [9.17, 15) is 4.79 Å². The van der Waals surface area contributed by atoms with Crippen molar-refractivity contribution >= 4 is 22.5 Å². The molecule has 5 nitrogen and oxygen atoms in total. The quantitative estimate of drug-likeness (QED) is 0.595. The van der Waals surface area contributed by atoms with Crippen molar-refractivity contribution in [2.24, 2.45) is 5.10 Å². The number of pyridine rings is 1. The number of hydrogen-bond donors (Lipinski definition) is 1. The minimum absolute atomic E-state index is 0.271. The van der Waals surface area contributed by atoms with Crippen molar-refractivity contribution in [3.05, 3.63) is 65.7 Å². The van der Waals surface area contributed by atoms with Crippen LogP contribution in [0.3, 0.4) is 0 Å². The molecule has 1 amide bonds. The van der Waals surface area contributed by atoms with Gasteiger partial charge in [-0.3, -0.25) is 9.78 Å². The predicted molar refractivity (Wildman–Crippen MR) is 84.9 cm³/mol. The summed E-state index contributed by atoms with van der Waals surface area (Å²) in [4.78, 5) is 16.8. The second-order valence-electron chi connectivity index (χ2n) is 4.94. The van der Waals surface area contributed by atoms with Crippen LogP contribution in [0.15, 0.2) is 58.2 Å². The van der Waals surface area contributed by atoms with Gasteiger partial charge in [0.25, 0.3) is 5.91 Å². The zero-order valence-corrected chi connectivity index (χ0v) is 12.3. The summed E-state index contributed by atoms with van der Waals surface area (Å²) in [5.74, 6) is 0.351. The number of rotatable bonds is 3. The number of amides is 1. The standard InChI is InChI=1S/C17H15N3O2/c1-11-10-14(13-6-3-4-7-15(13)18-11)17(21)20-19-12(2)16-8-5-9-22-16/h3-10H,1-2H3,(H,20,21)/b19-12+. The Bertz CT molecular complexity index is 851. The first kappa shape index (κ1) is 14.0. The molecule has 0 saturated heterocycles. The maximum Gasteiger partial charge on any atom is 0.272 e. The van der Waals surface area contributed by atoms with E-state index in [0.29, 0.717) is 17.0 Å². The smallest absolute Gasteiger partial charge is 0.272 e. The van der Waals surface area contributed by atoms with E-state index in [0.717, 1.165) is 16.6 Å². The van der Waals surface area contributed by atoms with Crippen molar-refractivity contribution in [2.75, 3.05) is 0 Å². The first-order chi connectivity index (χ1) is 10.6. The summed E-state index contributed by atoms with van der Waals surface area (Å²) in [5.41, 5.74) is 5.31. The molecule has 3 aromatic rings. The van der Waals surface area contributed by atoms with Gasteiger partial charge in [0.1, 0.15) is 11.5 Å². The average Bonchev–Trinajstić information content (AvgIpc) is 3.06. The van der Waals surface area contributed by atoms with E-state index in [1.807, 2.05) is 31.2 Å². The molecular formula is C17H15N3O2. The lowest BCUT2D eigenvalue weighted by Crippen LogP contribution is -2.20. The van der Waals surface area contributed by atoms with Gasteiger partial charge in [-0.25, -0.2) is 5.43 Å². The molecule has 1 aromatic carbocycles. The van der Waals surface area contributed by atoms with E-state index in [4.69, 9.17) is 4.42 Å². The number of benzene rings is 1. The van der Waals surface area contributed by atoms with Gasteiger partial charge in [0.05, 0.1) is 17.3 Å². The number of nitrogens with one attached hydrogen (secondary N) is 1. The first-order valence-corrected chi connectivity index (χ1v) is 6.90. The van der Waals surface area contributed by atoms with Crippen LogP contribution in [0.4, 0.5) is 0 Å². The lowest BCUT2D eigenvalue weighted by molar-refractivity contribution is 0.0956. The largest absolute Gasteiger partial charge is 0.463 e. The topological polar surface area (TPSA) is 67.5 Å². The number of hydrogen-bond acceptors (Lipinski definition) is 4. The van der Waals surface area contributed by atoms with Gasteiger partial charge in [-0.2, -0.15) is 5.10 Å². The van der Waals surface area contributed by atoms with Gasteiger partial charge in [-0.05, 0) is 38.1 Å². The highest BCUT2D eigenvalue weighted by Crippen LogP contribution is 2.18. The fraction of sp³-hybridized carbons (Fsp3) is 0.118. The number of furan rings is 1. The van der Waals surface area contributed by atoms with Gasteiger partial charge in [0.2, 0.25) is 0 Å². The summed E-state index contributed by atoms with van der Waals surface area (Å²) in [6.07, 6.45) is 1.57. The van der Waals surface area contributed by atoms with Gasteiger partial charge < -0.3 is 4.42 Å². The van der Waals surface area contributed by atoms with Crippen LogP contribution in [0, 0.1) is 6.92 Å². The summed E-state index contributed by atoms with van der Waals surface area (Å²) in [5, 5.41) is 4.88. The van der Waals surface area contributed by atoms with Crippen LogP contribution in [-0.2, 0) is 0 Å². The van der Waals surface area contributed by atoms with Crippen molar-refractivity contribution < 1.29 is 9.21 Å². The molecular weight excluding hydrogens is 278 g/mol. The van der Waals surface area contributed by atoms with Gasteiger partial charge in [-0.1, -0.05) is 18.2 Å². The van der Waals surface area contributed by atoms with Crippen molar-refractivity contribution in [3.8, 4) is 0 Å². The van der Waals surface area contributed by atoms with Crippen LogP contribution in [-0.4, -0.2) is 16.6 Å². The molecule has 5 heteroatoms. The van der Waals surface area contributed by atoms with Crippen molar-refractivity contribution in [2.45, 2.75) is 13.8 Å². The van der Waals surface area contributed by atoms with Gasteiger partial charge in [0.15, 0.2) is 0 Å². The molecule has 0 saturated carbocycles. The maximum absolute atomic E-state index is 12.4. The maximum atomic E-state index is 12.4. The molecule has 0 unspecified atom stereocenters. The molecule has 2 heterocycles. The zero-order valence-electron chi connectivity index (χ0n) is 12.3. The van der Waals surface area contributed by atoms with Gasteiger partial charge >= 0.3 is 0 Å². The third-order valence-electron chi connectivity index (χ3n) is 3.29. The summed E-state index contributed by atoms with van der Waals surface area (Å²) in [6.45, 7) is 3.63. The van der Waals surface area contributed by atoms with Gasteiger partial charge in [-0.15, -0.1) is 0 Å². The van der Waals surface area contributed by atoms with Crippen LogP contribution in [0.2, 0.25) is 0 Å². The molecule has 0 bridgehead atoms. The normalized spacial score (nSPS) is 11.6. The third kappa shape index (κ3) is 2.74. The lowest BCUT2D eigenvalue weighted by atomic mass is 10.1. The van der Waals surface area contributed by atoms with E-state index in [1.165, 1.54) is 0 Å². The van der Waals surface area contributed by atoms with Crippen LogP contribution in [0.1, 0.15) is 28.7 Å². The minimum Gasteiger partial charge on any atom is -0.463 e. The molecule has 0 spiro atoms. The Morgan fingerprint density at radius 2 is 2.05 bits per heavy atom. The molecule has 0 aliphatic heterocycles. The number of aryl methyl sites for hydroxylation is 1. The van der Waals surface area contributed by atoms with Crippen LogP contribution in [0.25, 0.3) is 10.9 Å². The fourth-order valence-electron chi connectivity index (χ4n) is 2.23. The Hall–Kier alpha value is -2.95. The number of hydrazone groups is 1. The van der Waals surface area contributed by atoms with Gasteiger partial charge in [0, 0.05) is 11.1 Å². The summed E-state index contributed by atoms with van der Waals surface area (Å²) in [6, 6.07) is 12.9. The Morgan fingerprint density at radius 1 is 1.23 bits per heavy atom. The molecule has 22 heavy (non-hydrogen) atoms. The molecule has 0 atom stereocenters. The highest BCUT2D eigenvalue weighted by molar-refractivity contribution is 6.07. The first-order valence-electron chi connectivity index (χ1n) is 6.90. The van der Waals surface area contributed by atoms with E-state index in [2.05, 4.69) is 15.5 Å². The lowest BCUT2D eigenvalue weighted by Gasteiger charge is -2.06. The number of carbonyl (C=O) groups is 1. The Balaban J connectivity index is 1.91. The molecule has 0 aliphatic carbocycles. The fourth-order valence-corrected chi connectivity index (χ4v) is 2.23. The molecule has 1 N–H and O–H groups in total. The van der Waals surface area contributed by atoms with Crippen molar-refractivity contribution in [3.63, 3.8) is 0 Å². The van der Waals surface area contributed by atoms with E-state index < -0.39 is 0 Å². The van der Waals surface area contributed by atoms with Crippen LogP contribution in [0.5, 0.6) is 0 Å². The highest BCUT2D eigenvalue weighted by atomic mass is 16.3. The summed E-state index contributed by atoms with van der Waals surface area (Å²) >= 11 is 0. The van der Waals surface area contributed by atoms with Crippen molar-refractivity contribution in [1.29, 1.82) is 0 Å². The van der Waals surface area contributed by atoms with Crippen molar-refractivity contribution in [1.82, 2.24) is 10.4 Å². The monoisotopic (exact) mass is 293 g/mol. The second-order valence-corrected chi connectivity index (χ2v) is 4.94.